The Kier molecular flexibility index (Phi) is 4.66. The third-order valence-electron chi connectivity index (χ3n) is 6.16. The zero-order chi connectivity index (χ0) is 20.6. The van der Waals surface area contributed by atoms with Gasteiger partial charge in [0.05, 0.1) is 7.11 Å². The van der Waals surface area contributed by atoms with E-state index in [0.29, 0.717) is 5.92 Å². The molecule has 152 valence electrons. The van der Waals surface area contributed by atoms with E-state index in [9.17, 15) is 0 Å². The second-order valence-corrected chi connectivity index (χ2v) is 7.97. The van der Waals surface area contributed by atoms with Crippen molar-refractivity contribution < 1.29 is 9.57 Å². The Hall–Kier alpha value is -3.34. The zero-order valence-corrected chi connectivity index (χ0v) is 17.3. The van der Waals surface area contributed by atoms with E-state index < -0.39 is 0 Å². The first-order valence-corrected chi connectivity index (χ1v) is 10.3. The number of benzene rings is 2. The standard InChI is InChI=1S/C25H25N3O2/c1-29-20-12-10-19(11-13-20)25(18-6-4-3-5-7-18)15-14-21-22(16-25)26-27-24(21)23(28-30-2)17-8-9-17/h3-7,10-15,17H,8-9,16H2,1-2H3,(H,26,27). The van der Waals surface area contributed by atoms with Crippen molar-refractivity contribution in [1.82, 2.24) is 10.2 Å². The van der Waals surface area contributed by atoms with Crippen LogP contribution in [0.2, 0.25) is 0 Å². The van der Waals surface area contributed by atoms with Crippen LogP contribution in [0.3, 0.4) is 0 Å². The zero-order valence-electron chi connectivity index (χ0n) is 17.3. The minimum absolute atomic E-state index is 0.275. The lowest BCUT2D eigenvalue weighted by atomic mass is 9.68. The van der Waals surface area contributed by atoms with Crippen molar-refractivity contribution in [2.45, 2.75) is 24.7 Å². The molecule has 30 heavy (non-hydrogen) atoms. The van der Waals surface area contributed by atoms with E-state index in [1.807, 2.05) is 12.1 Å². The van der Waals surface area contributed by atoms with Crippen molar-refractivity contribution in [3.05, 3.63) is 88.8 Å². The molecular formula is C25H25N3O2. The van der Waals surface area contributed by atoms with Gasteiger partial charge in [-0.1, -0.05) is 59.8 Å². The Morgan fingerprint density at radius 3 is 2.43 bits per heavy atom. The highest BCUT2D eigenvalue weighted by molar-refractivity contribution is 6.04. The first-order chi connectivity index (χ1) is 14.7. The predicted molar refractivity (Wildman–Crippen MR) is 118 cm³/mol. The summed E-state index contributed by atoms with van der Waals surface area (Å²) in [6.45, 7) is 0. The number of aromatic nitrogens is 2. The summed E-state index contributed by atoms with van der Waals surface area (Å²) in [6, 6.07) is 19.0. The average molecular weight is 399 g/mol. The summed E-state index contributed by atoms with van der Waals surface area (Å²) in [6.07, 6.45) is 7.60. The SMILES string of the molecule is CON=C(c1n[nH]c2c1C=CC(c1ccccc1)(c1ccc(OC)cc1)C2)C1CC1. The van der Waals surface area contributed by atoms with Crippen LogP contribution in [0.1, 0.15) is 40.9 Å². The average Bonchev–Trinajstić information content (AvgIpc) is 3.57. The second-order valence-electron chi connectivity index (χ2n) is 7.97. The highest BCUT2D eigenvalue weighted by Crippen LogP contribution is 2.43. The van der Waals surface area contributed by atoms with E-state index in [-0.39, 0.29) is 5.41 Å². The van der Waals surface area contributed by atoms with Crippen LogP contribution < -0.4 is 4.74 Å². The molecule has 0 saturated heterocycles. The Balaban J connectivity index is 1.61. The highest BCUT2D eigenvalue weighted by Gasteiger charge is 2.39. The van der Waals surface area contributed by atoms with Crippen molar-refractivity contribution in [2.75, 3.05) is 14.2 Å². The number of hydrogen-bond acceptors (Lipinski definition) is 4. The highest BCUT2D eigenvalue weighted by atomic mass is 16.6. The van der Waals surface area contributed by atoms with Crippen molar-refractivity contribution in [3.8, 4) is 5.75 Å². The van der Waals surface area contributed by atoms with Gasteiger partial charge in [0.25, 0.3) is 0 Å². The molecule has 1 fully saturated rings. The normalized spacial score (nSPS) is 20.7. The maximum absolute atomic E-state index is 5.37. The fourth-order valence-electron chi connectivity index (χ4n) is 4.41. The number of nitrogens with one attached hydrogen (secondary N) is 1. The summed E-state index contributed by atoms with van der Waals surface area (Å²) in [5.41, 5.74) is 6.32. The lowest BCUT2D eigenvalue weighted by Gasteiger charge is -2.34. The fourth-order valence-corrected chi connectivity index (χ4v) is 4.41. The minimum atomic E-state index is -0.275. The predicted octanol–water partition coefficient (Wildman–Crippen LogP) is 4.73. The molecule has 0 spiro atoms. The number of aromatic amines is 1. The first-order valence-electron chi connectivity index (χ1n) is 10.3. The molecule has 1 N–H and O–H groups in total. The maximum atomic E-state index is 5.37. The van der Waals surface area contributed by atoms with E-state index in [1.54, 1.807) is 14.2 Å². The van der Waals surface area contributed by atoms with Gasteiger partial charge in [0.2, 0.25) is 0 Å². The van der Waals surface area contributed by atoms with Gasteiger partial charge in [0.1, 0.15) is 24.3 Å². The topological polar surface area (TPSA) is 59.5 Å². The van der Waals surface area contributed by atoms with Crippen molar-refractivity contribution in [3.63, 3.8) is 0 Å². The number of nitrogens with zero attached hydrogens (tertiary/aromatic N) is 2. The largest absolute Gasteiger partial charge is 0.497 e. The van der Waals surface area contributed by atoms with E-state index in [4.69, 9.17) is 9.57 Å². The summed E-state index contributed by atoms with van der Waals surface area (Å²) < 4.78 is 5.37. The first kappa shape index (κ1) is 18.7. The third kappa shape index (κ3) is 3.11. The molecule has 1 atom stereocenters. The lowest BCUT2D eigenvalue weighted by Crippen LogP contribution is -2.30. The quantitative estimate of drug-likeness (QED) is 0.481. The molecule has 2 aromatic carbocycles. The molecule has 1 unspecified atom stereocenters. The summed E-state index contributed by atoms with van der Waals surface area (Å²) in [7, 11) is 3.29. The van der Waals surface area contributed by atoms with Gasteiger partial charge in [0.15, 0.2) is 0 Å². The lowest BCUT2D eigenvalue weighted by molar-refractivity contribution is 0.212. The molecule has 0 amide bonds. The molecule has 1 heterocycles. The van der Waals surface area contributed by atoms with E-state index in [0.717, 1.165) is 47.7 Å². The van der Waals surface area contributed by atoms with Gasteiger partial charge in [-0.15, -0.1) is 0 Å². The summed E-state index contributed by atoms with van der Waals surface area (Å²) in [5, 5.41) is 12.2. The van der Waals surface area contributed by atoms with Crippen LogP contribution in [-0.4, -0.2) is 30.1 Å². The number of hydrogen-bond donors (Lipinski definition) is 1. The molecule has 2 aliphatic rings. The van der Waals surface area contributed by atoms with Crippen molar-refractivity contribution in [1.29, 1.82) is 0 Å². The van der Waals surface area contributed by atoms with Crippen LogP contribution in [0, 0.1) is 5.92 Å². The monoisotopic (exact) mass is 399 g/mol. The smallest absolute Gasteiger partial charge is 0.118 e. The number of allylic oxidation sites excluding steroid dienone is 1. The van der Waals surface area contributed by atoms with E-state index in [1.165, 1.54) is 11.1 Å². The van der Waals surface area contributed by atoms with Crippen LogP contribution in [0.25, 0.3) is 6.08 Å². The van der Waals surface area contributed by atoms with Crippen LogP contribution in [0.15, 0.2) is 65.8 Å². The van der Waals surface area contributed by atoms with Crippen molar-refractivity contribution in [2.24, 2.45) is 11.1 Å². The summed E-state index contributed by atoms with van der Waals surface area (Å²) in [5.74, 6) is 1.31. The van der Waals surface area contributed by atoms with Gasteiger partial charge in [-0.3, -0.25) is 5.10 Å². The van der Waals surface area contributed by atoms with Crippen LogP contribution in [0.4, 0.5) is 0 Å². The summed E-state index contributed by atoms with van der Waals surface area (Å²) in [4.78, 5) is 5.12. The molecule has 5 rings (SSSR count). The number of rotatable bonds is 6. The molecule has 3 aromatic rings. The molecule has 1 saturated carbocycles. The number of ether oxygens (including phenoxy) is 1. The molecular weight excluding hydrogens is 374 g/mol. The third-order valence-corrected chi connectivity index (χ3v) is 6.16. The van der Waals surface area contributed by atoms with E-state index in [2.05, 4.69) is 70.0 Å². The van der Waals surface area contributed by atoms with Gasteiger partial charge >= 0.3 is 0 Å². The van der Waals surface area contributed by atoms with Gasteiger partial charge in [-0.2, -0.15) is 5.10 Å². The Bertz CT molecular complexity index is 1100. The van der Waals surface area contributed by atoms with Crippen LogP contribution >= 0.6 is 0 Å². The fraction of sp³-hybridized carbons (Fsp3) is 0.280. The second kappa shape index (κ2) is 7.48. The van der Waals surface area contributed by atoms with Crippen molar-refractivity contribution >= 4 is 11.8 Å². The van der Waals surface area contributed by atoms with Crippen LogP contribution in [-0.2, 0) is 16.7 Å². The Labute approximate surface area is 176 Å². The Morgan fingerprint density at radius 2 is 1.77 bits per heavy atom. The molecule has 5 heteroatoms. The molecule has 5 nitrogen and oxygen atoms in total. The van der Waals surface area contributed by atoms with Gasteiger partial charge in [0, 0.05) is 29.0 Å². The summed E-state index contributed by atoms with van der Waals surface area (Å²) >= 11 is 0. The number of oxime groups is 1. The maximum Gasteiger partial charge on any atom is 0.118 e. The number of fused-ring (bicyclic) bond motifs is 1. The van der Waals surface area contributed by atoms with Crippen LogP contribution in [0.5, 0.6) is 5.75 Å². The Morgan fingerprint density at radius 1 is 1.03 bits per heavy atom. The van der Waals surface area contributed by atoms with Gasteiger partial charge < -0.3 is 9.57 Å². The van der Waals surface area contributed by atoms with Gasteiger partial charge in [-0.05, 0) is 36.1 Å². The molecule has 1 aromatic heterocycles. The molecule has 0 radical (unpaired) electrons. The van der Waals surface area contributed by atoms with E-state index >= 15 is 0 Å². The molecule has 0 bridgehead atoms. The minimum Gasteiger partial charge on any atom is -0.497 e. The molecule has 2 aliphatic carbocycles. The van der Waals surface area contributed by atoms with Gasteiger partial charge in [-0.25, -0.2) is 0 Å². The number of methoxy groups -OCH3 is 1. The number of H-pyrrole nitrogens is 1. The molecule has 0 aliphatic heterocycles.